The minimum absolute atomic E-state index is 0.0116. The number of rotatable bonds is 8. The molecule has 1 aromatic heterocycles. The molecule has 9 heteroatoms. The van der Waals surface area contributed by atoms with E-state index in [-0.39, 0.29) is 17.7 Å². The smallest absolute Gasteiger partial charge is 0.194 e. The molecule has 0 saturated heterocycles. The molecule has 0 radical (unpaired) electrons. The van der Waals surface area contributed by atoms with Gasteiger partial charge in [-0.1, -0.05) is 37.8 Å². The van der Waals surface area contributed by atoms with Gasteiger partial charge in [-0.15, -0.1) is 0 Å². The molecule has 2 unspecified atom stereocenters. The van der Waals surface area contributed by atoms with Crippen LogP contribution in [0.2, 0.25) is 25.7 Å². The van der Waals surface area contributed by atoms with Crippen LogP contribution in [-0.2, 0) is 27.7 Å². The molecule has 30 heavy (non-hydrogen) atoms. The number of sulfone groups is 1. The van der Waals surface area contributed by atoms with Gasteiger partial charge in [0.15, 0.2) is 14.9 Å². The van der Waals surface area contributed by atoms with Gasteiger partial charge in [0.1, 0.15) is 24.4 Å². The first-order chi connectivity index (χ1) is 14.0. The summed E-state index contributed by atoms with van der Waals surface area (Å²) in [5.74, 6) is 0.913. The summed E-state index contributed by atoms with van der Waals surface area (Å²) in [6.45, 7) is 9.62. The number of benzene rings is 1. The van der Waals surface area contributed by atoms with Gasteiger partial charge in [-0.05, 0) is 31.0 Å². The van der Waals surface area contributed by atoms with Crippen molar-refractivity contribution < 1.29 is 23.0 Å². The molecular formula is C21H32N2O5SSi. The Hall–Kier alpha value is -1.68. The van der Waals surface area contributed by atoms with Gasteiger partial charge in [-0.25, -0.2) is 13.4 Å². The second-order valence-corrected chi connectivity index (χ2v) is 16.8. The Morgan fingerprint density at radius 1 is 1.33 bits per heavy atom. The third-order valence-corrected chi connectivity index (χ3v) is 8.19. The Bertz CT molecular complexity index is 997. The van der Waals surface area contributed by atoms with E-state index in [1.165, 1.54) is 0 Å². The Balaban J connectivity index is 1.85. The second-order valence-electron chi connectivity index (χ2n) is 9.24. The lowest BCUT2D eigenvalue weighted by atomic mass is 9.91. The number of fused-ring (bicyclic) bond motifs is 1. The predicted molar refractivity (Wildman–Crippen MR) is 118 cm³/mol. The summed E-state index contributed by atoms with van der Waals surface area (Å²) >= 11 is 0. The highest BCUT2D eigenvalue weighted by molar-refractivity contribution is 7.90. The average molecular weight is 453 g/mol. The van der Waals surface area contributed by atoms with Crippen LogP contribution in [0, 0.1) is 12.8 Å². The van der Waals surface area contributed by atoms with Crippen molar-refractivity contribution in [1.29, 1.82) is 0 Å². The Labute approximate surface area is 180 Å². The van der Waals surface area contributed by atoms with Crippen LogP contribution in [0.25, 0.3) is 0 Å². The number of aliphatic hydroxyl groups is 1. The Morgan fingerprint density at radius 3 is 2.70 bits per heavy atom. The molecule has 1 aromatic carbocycles. The van der Waals surface area contributed by atoms with Crippen LogP contribution in [0.4, 0.5) is 0 Å². The molecule has 2 heterocycles. The first-order valence-electron chi connectivity index (χ1n) is 10.2. The van der Waals surface area contributed by atoms with Gasteiger partial charge in [0.05, 0.1) is 12.3 Å². The van der Waals surface area contributed by atoms with Crippen LogP contribution in [0.3, 0.4) is 0 Å². The quantitative estimate of drug-likeness (QED) is 0.489. The van der Waals surface area contributed by atoms with Crippen LogP contribution < -0.4 is 4.74 Å². The predicted octanol–water partition coefficient (Wildman–Crippen LogP) is 3.19. The lowest BCUT2D eigenvalue weighted by molar-refractivity contribution is 0.0393. The molecular weight excluding hydrogens is 420 g/mol. The number of imidazole rings is 1. The van der Waals surface area contributed by atoms with E-state index < -0.39 is 24.0 Å². The summed E-state index contributed by atoms with van der Waals surface area (Å²) in [6.07, 6.45) is 0.802. The Morgan fingerprint density at radius 2 is 2.03 bits per heavy atom. The van der Waals surface area contributed by atoms with Crippen molar-refractivity contribution in [2.24, 2.45) is 5.92 Å². The van der Waals surface area contributed by atoms with Crippen molar-refractivity contribution in [2.75, 3.05) is 19.5 Å². The number of hydrogen-bond acceptors (Lipinski definition) is 6. The van der Waals surface area contributed by atoms with Crippen molar-refractivity contribution in [2.45, 2.75) is 56.9 Å². The second kappa shape index (κ2) is 8.82. The summed E-state index contributed by atoms with van der Waals surface area (Å²) < 4.78 is 37.8. The molecule has 2 atom stereocenters. The van der Waals surface area contributed by atoms with Crippen LogP contribution in [0.5, 0.6) is 5.75 Å². The standard InChI is InChI=1S/C21H32N2O5SSi/c1-15-21(29(2,25)26)22-20(23(15)14-27-10-11-30(3,4)5)19(24)17-12-16-8-6-7-9-18(16)28-13-17/h6-9,17,19,24H,10-14H2,1-5H3. The van der Waals surface area contributed by atoms with Gasteiger partial charge >= 0.3 is 0 Å². The third-order valence-electron chi connectivity index (χ3n) is 5.39. The number of ether oxygens (including phenoxy) is 2. The molecule has 3 rings (SSSR count). The highest BCUT2D eigenvalue weighted by atomic mass is 32.2. The number of hydrogen-bond donors (Lipinski definition) is 1. The number of para-hydroxylation sites is 1. The van der Waals surface area contributed by atoms with E-state index in [2.05, 4.69) is 24.6 Å². The fourth-order valence-electron chi connectivity index (χ4n) is 3.57. The molecule has 0 bridgehead atoms. The highest BCUT2D eigenvalue weighted by Gasteiger charge is 2.33. The van der Waals surface area contributed by atoms with Crippen molar-refractivity contribution >= 4 is 17.9 Å². The molecule has 1 aliphatic heterocycles. The van der Waals surface area contributed by atoms with E-state index >= 15 is 0 Å². The molecule has 7 nitrogen and oxygen atoms in total. The number of nitrogens with zero attached hydrogens (tertiary/aromatic N) is 2. The van der Waals surface area contributed by atoms with Crippen molar-refractivity contribution in [3.8, 4) is 5.75 Å². The summed E-state index contributed by atoms with van der Waals surface area (Å²) in [6, 6.07) is 8.76. The topological polar surface area (TPSA) is 90.7 Å². The summed E-state index contributed by atoms with van der Waals surface area (Å²) in [5, 5.41) is 11.1. The largest absolute Gasteiger partial charge is 0.493 e. The molecule has 166 valence electrons. The summed E-state index contributed by atoms with van der Waals surface area (Å²) in [4.78, 5) is 4.34. The van der Waals surface area contributed by atoms with Crippen molar-refractivity contribution in [3.63, 3.8) is 0 Å². The number of aromatic nitrogens is 2. The molecule has 1 N–H and O–H groups in total. The maximum Gasteiger partial charge on any atom is 0.194 e. The van der Waals surface area contributed by atoms with E-state index in [0.717, 1.165) is 23.6 Å². The van der Waals surface area contributed by atoms with Crippen molar-refractivity contribution in [1.82, 2.24) is 9.55 Å². The molecule has 0 spiro atoms. The maximum absolute atomic E-state index is 12.2. The van der Waals surface area contributed by atoms with Gasteiger partial charge in [-0.2, -0.15) is 0 Å². The van der Waals surface area contributed by atoms with Gasteiger partial charge < -0.3 is 19.1 Å². The summed E-state index contributed by atoms with van der Waals surface area (Å²) in [7, 11) is -4.77. The molecule has 0 fully saturated rings. The monoisotopic (exact) mass is 452 g/mol. The zero-order chi connectivity index (χ0) is 22.1. The lowest BCUT2D eigenvalue weighted by Crippen LogP contribution is -2.29. The van der Waals surface area contributed by atoms with E-state index in [9.17, 15) is 13.5 Å². The zero-order valence-electron chi connectivity index (χ0n) is 18.4. The first-order valence-corrected chi connectivity index (χ1v) is 15.8. The normalized spacial score (nSPS) is 18.0. The fourth-order valence-corrected chi connectivity index (χ4v) is 5.23. The lowest BCUT2D eigenvalue weighted by Gasteiger charge is -2.29. The van der Waals surface area contributed by atoms with E-state index in [1.54, 1.807) is 11.5 Å². The van der Waals surface area contributed by atoms with Gasteiger partial charge in [0.2, 0.25) is 0 Å². The van der Waals surface area contributed by atoms with E-state index in [0.29, 0.717) is 31.2 Å². The molecule has 2 aromatic rings. The number of aliphatic hydroxyl groups excluding tert-OH is 1. The SMILES string of the molecule is Cc1c(S(C)(=O)=O)nc(C(O)C2COc3ccccc3C2)n1COCC[Si](C)(C)C. The third kappa shape index (κ3) is 5.32. The maximum atomic E-state index is 12.2. The average Bonchev–Trinajstić information content (AvgIpc) is 3.00. The highest BCUT2D eigenvalue weighted by Crippen LogP contribution is 2.34. The first kappa shape index (κ1) is 23.0. The molecule has 0 amide bonds. The fraction of sp³-hybridized carbons (Fsp3) is 0.571. The zero-order valence-corrected chi connectivity index (χ0v) is 20.2. The molecule has 1 aliphatic rings. The minimum Gasteiger partial charge on any atom is -0.493 e. The van der Waals surface area contributed by atoms with Crippen LogP contribution in [0.1, 0.15) is 23.2 Å². The van der Waals surface area contributed by atoms with Gasteiger partial charge in [-0.3, -0.25) is 0 Å². The van der Waals surface area contributed by atoms with Crippen LogP contribution in [0.15, 0.2) is 29.3 Å². The van der Waals surface area contributed by atoms with E-state index in [1.807, 2.05) is 24.3 Å². The van der Waals surface area contributed by atoms with Crippen LogP contribution in [-0.4, -0.2) is 50.6 Å². The summed E-state index contributed by atoms with van der Waals surface area (Å²) in [5.41, 5.74) is 1.51. The van der Waals surface area contributed by atoms with Crippen molar-refractivity contribution in [3.05, 3.63) is 41.3 Å². The van der Waals surface area contributed by atoms with Gasteiger partial charge in [0.25, 0.3) is 0 Å². The van der Waals surface area contributed by atoms with E-state index in [4.69, 9.17) is 9.47 Å². The minimum atomic E-state index is -3.52. The molecule has 0 saturated carbocycles. The Kier molecular flexibility index (Phi) is 6.76. The van der Waals surface area contributed by atoms with Crippen LogP contribution >= 0.6 is 0 Å². The molecule has 0 aliphatic carbocycles. The van der Waals surface area contributed by atoms with Gasteiger partial charge in [0, 0.05) is 26.9 Å².